The largest absolute Gasteiger partial charge is 0.334 e. The average Bonchev–Trinajstić information content (AvgIpc) is 2.79. The van der Waals surface area contributed by atoms with Gasteiger partial charge < -0.3 is 4.57 Å². The Morgan fingerprint density at radius 3 is 2.53 bits per heavy atom. The zero-order valence-electron chi connectivity index (χ0n) is 10.8. The van der Waals surface area contributed by atoms with E-state index in [0.717, 1.165) is 29.4 Å². The average molecular weight is 249 g/mol. The van der Waals surface area contributed by atoms with Crippen molar-refractivity contribution in [2.75, 3.05) is 0 Å². The van der Waals surface area contributed by atoms with Crippen LogP contribution in [0.25, 0.3) is 10.9 Å². The second-order valence-electron chi connectivity index (χ2n) is 4.82. The molecule has 19 heavy (non-hydrogen) atoms. The van der Waals surface area contributed by atoms with Gasteiger partial charge in [-0.3, -0.25) is 4.79 Å². The van der Waals surface area contributed by atoms with E-state index >= 15 is 0 Å². The number of aldehydes is 1. The highest BCUT2D eigenvalue weighted by molar-refractivity contribution is 5.89. The van der Waals surface area contributed by atoms with Crippen molar-refractivity contribution in [2.45, 2.75) is 13.5 Å². The monoisotopic (exact) mass is 249 g/mol. The summed E-state index contributed by atoms with van der Waals surface area (Å²) in [5.74, 6) is 0. The van der Waals surface area contributed by atoms with Gasteiger partial charge in [-0.15, -0.1) is 0 Å². The van der Waals surface area contributed by atoms with Gasteiger partial charge >= 0.3 is 0 Å². The molecule has 0 amide bonds. The summed E-state index contributed by atoms with van der Waals surface area (Å²) in [6, 6.07) is 18.4. The molecule has 0 N–H and O–H groups in total. The third-order valence-corrected chi connectivity index (χ3v) is 3.42. The highest BCUT2D eigenvalue weighted by Gasteiger charge is 2.07. The Labute approximate surface area is 112 Å². The van der Waals surface area contributed by atoms with Crippen LogP contribution >= 0.6 is 0 Å². The lowest BCUT2D eigenvalue weighted by Crippen LogP contribution is -2.03. The van der Waals surface area contributed by atoms with Crippen LogP contribution in [0.3, 0.4) is 0 Å². The molecule has 94 valence electrons. The Bertz CT molecular complexity index is 723. The van der Waals surface area contributed by atoms with Crippen LogP contribution in [0.4, 0.5) is 0 Å². The first-order valence-electron chi connectivity index (χ1n) is 6.37. The number of benzene rings is 2. The smallest absolute Gasteiger partial charge is 0.166 e. The lowest BCUT2D eigenvalue weighted by molar-refractivity contribution is 0.111. The van der Waals surface area contributed by atoms with Crippen molar-refractivity contribution in [1.29, 1.82) is 0 Å². The van der Waals surface area contributed by atoms with E-state index in [1.54, 1.807) is 0 Å². The minimum atomic E-state index is 0.724. The molecule has 0 atom stereocenters. The number of carbonyl (C=O) groups excluding carboxylic acids is 1. The Balaban J connectivity index is 2.08. The van der Waals surface area contributed by atoms with E-state index in [9.17, 15) is 4.79 Å². The molecule has 0 saturated carbocycles. The lowest BCUT2D eigenvalue weighted by atomic mass is 10.1. The van der Waals surface area contributed by atoms with E-state index in [1.807, 2.05) is 24.3 Å². The van der Waals surface area contributed by atoms with Crippen molar-refractivity contribution in [3.8, 4) is 0 Å². The molecular weight excluding hydrogens is 234 g/mol. The molecule has 3 rings (SSSR count). The summed E-state index contributed by atoms with van der Waals surface area (Å²) in [5, 5.41) is 1.11. The Morgan fingerprint density at radius 1 is 1.05 bits per heavy atom. The number of rotatable bonds is 3. The summed E-state index contributed by atoms with van der Waals surface area (Å²) in [5.41, 5.74) is 4.28. The fraction of sp³-hybridized carbons (Fsp3) is 0.118. The third-order valence-electron chi connectivity index (χ3n) is 3.42. The minimum absolute atomic E-state index is 0.724. The SMILES string of the molecule is Cc1ccc(Cn2c(C=O)cc3ccccc32)cc1. The van der Waals surface area contributed by atoms with E-state index in [2.05, 4.69) is 41.8 Å². The predicted octanol–water partition coefficient (Wildman–Crippen LogP) is 3.81. The van der Waals surface area contributed by atoms with Crippen molar-refractivity contribution in [1.82, 2.24) is 4.57 Å². The highest BCUT2D eigenvalue weighted by Crippen LogP contribution is 2.20. The molecule has 1 aromatic heterocycles. The van der Waals surface area contributed by atoms with Crippen LogP contribution in [0, 0.1) is 6.92 Å². The molecule has 1 heterocycles. The first kappa shape index (κ1) is 11.7. The van der Waals surface area contributed by atoms with Crippen LogP contribution in [-0.2, 0) is 6.54 Å². The molecule has 0 bridgehead atoms. The van der Waals surface area contributed by atoms with Gasteiger partial charge in [0.2, 0.25) is 0 Å². The first-order chi connectivity index (χ1) is 9.28. The Morgan fingerprint density at radius 2 is 1.79 bits per heavy atom. The summed E-state index contributed by atoms with van der Waals surface area (Å²) in [6.45, 7) is 2.80. The second-order valence-corrected chi connectivity index (χ2v) is 4.82. The van der Waals surface area contributed by atoms with Gasteiger partial charge in [0.15, 0.2) is 6.29 Å². The fourth-order valence-electron chi connectivity index (χ4n) is 2.38. The van der Waals surface area contributed by atoms with Gasteiger partial charge in [0.25, 0.3) is 0 Å². The van der Waals surface area contributed by atoms with Crippen molar-refractivity contribution < 1.29 is 4.79 Å². The van der Waals surface area contributed by atoms with Crippen LogP contribution in [0.5, 0.6) is 0 Å². The van der Waals surface area contributed by atoms with E-state index in [0.29, 0.717) is 0 Å². The maximum Gasteiger partial charge on any atom is 0.166 e. The number of para-hydroxylation sites is 1. The molecule has 2 nitrogen and oxygen atoms in total. The first-order valence-corrected chi connectivity index (χ1v) is 6.37. The molecular formula is C17H15NO. The molecule has 3 aromatic rings. The number of carbonyl (C=O) groups is 1. The zero-order chi connectivity index (χ0) is 13.2. The zero-order valence-corrected chi connectivity index (χ0v) is 10.8. The molecule has 0 saturated heterocycles. The number of aromatic nitrogens is 1. The normalized spacial score (nSPS) is 10.8. The van der Waals surface area contributed by atoms with Gasteiger partial charge in [-0.25, -0.2) is 0 Å². The van der Waals surface area contributed by atoms with Crippen LogP contribution in [0.2, 0.25) is 0 Å². The number of fused-ring (bicyclic) bond motifs is 1. The summed E-state index contributed by atoms with van der Waals surface area (Å²) in [4.78, 5) is 11.2. The van der Waals surface area contributed by atoms with Gasteiger partial charge in [0.05, 0.1) is 5.69 Å². The minimum Gasteiger partial charge on any atom is -0.334 e. The third kappa shape index (κ3) is 2.17. The quantitative estimate of drug-likeness (QED) is 0.647. The van der Waals surface area contributed by atoms with Crippen LogP contribution in [-0.4, -0.2) is 10.9 Å². The van der Waals surface area contributed by atoms with Gasteiger partial charge in [0.1, 0.15) is 0 Å². The molecule has 0 radical (unpaired) electrons. The number of hydrogen-bond acceptors (Lipinski definition) is 1. The standard InChI is InChI=1S/C17H15NO/c1-13-6-8-14(9-7-13)11-18-16(12-19)10-15-4-2-3-5-17(15)18/h2-10,12H,11H2,1H3. The maximum absolute atomic E-state index is 11.2. The van der Waals surface area contributed by atoms with Crippen molar-refractivity contribution in [2.24, 2.45) is 0 Å². The highest BCUT2D eigenvalue weighted by atomic mass is 16.1. The number of nitrogens with zero attached hydrogens (tertiary/aromatic N) is 1. The fourth-order valence-corrected chi connectivity index (χ4v) is 2.38. The van der Waals surface area contributed by atoms with Crippen LogP contribution in [0.1, 0.15) is 21.6 Å². The predicted molar refractivity (Wildman–Crippen MR) is 77.6 cm³/mol. The van der Waals surface area contributed by atoms with Crippen molar-refractivity contribution in [3.63, 3.8) is 0 Å². The molecule has 0 aliphatic heterocycles. The topological polar surface area (TPSA) is 22.0 Å². The van der Waals surface area contributed by atoms with Gasteiger partial charge in [0, 0.05) is 17.4 Å². The number of hydrogen-bond donors (Lipinski definition) is 0. The summed E-state index contributed by atoms with van der Waals surface area (Å²) in [7, 11) is 0. The summed E-state index contributed by atoms with van der Waals surface area (Å²) >= 11 is 0. The molecule has 0 aliphatic carbocycles. The molecule has 0 unspecified atom stereocenters. The molecule has 0 spiro atoms. The molecule has 0 fully saturated rings. The van der Waals surface area contributed by atoms with E-state index < -0.39 is 0 Å². The maximum atomic E-state index is 11.2. The van der Waals surface area contributed by atoms with Crippen molar-refractivity contribution in [3.05, 3.63) is 71.4 Å². The molecule has 0 aliphatic rings. The van der Waals surface area contributed by atoms with Gasteiger partial charge in [-0.2, -0.15) is 0 Å². The molecule has 2 aromatic carbocycles. The van der Waals surface area contributed by atoms with Crippen LogP contribution in [0.15, 0.2) is 54.6 Å². The van der Waals surface area contributed by atoms with E-state index in [1.165, 1.54) is 11.1 Å². The number of aryl methyl sites for hydroxylation is 1. The van der Waals surface area contributed by atoms with E-state index in [4.69, 9.17) is 0 Å². The summed E-state index contributed by atoms with van der Waals surface area (Å²) < 4.78 is 2.06. The van der Waals surface area contributed by atoms with Crippen LogP contribution < -0.4 is 0 Å². The Kier molecular flexibility index (Phi) is 2.92. The Hall–Kier alpha value is -2.35. The molecule has 2 heteroatoms. The van der Waals surface area contributed by atoms with E-state index in [-0.39, 0.29) is 0 Å². The lowest BCUT2D eigenvalue weighted by Gasteiger charge is -2.08. The van der Waals surface area contributed by atoms with Gasteiger partial charge in [-0.05, 0) is 24.6 Å². The summed E-state index contributed by atoms with van der Waals surface area (Å²) in [6.07, 6.45) is 0.925. The van der Waals surface area contributed by atoms with Crippen molar-refractivity contribution >= 4 is 17.2 Å². The second kappa shape index (κ2) is 4.73. The van der Waals surface area contributed by atoms with Gasteiger partial charge in [-0.1, -0.05) is 48.0 Å².